The van der Waals surface area contributed by atoms with E-state index in [-0.39, 0.29) is 11.7 Å². The number of ketones is 1. The zero-order valence-corrected chi connectivity index (χ0v) is 19.1. The summed E-state index contributed by atoms with van der Waals surface area (Å²) < 4.78 is 0. The second-order valence-corrected chi connectivity index (χ2v) is 7.94. The molecule has 1 aliphatic rings. The maximum atomic E-state index is 12.2. The fourth-order valence-electron chi connectivity index (χ4n) is 3.75. The number of aldehydes is 1. The van der Waals surface area contributed by atoms with Gasteiger partial charge in [-0.3, -0.25) is 4.79 Å². The average Bonchev–Trinajstić information content (AvgIpc) is 2.68. The molecule has 1 atom stereocenters. The lowest BCUT2D eigenvalue weighted by Gasteiger charge is -2.29. The second kappa shape index (κ2) is 11.4. The Hall–Kier alpha value is -3.06. The Labute approximate surface area is 184 Å². The molecule has 0 saturated carbocycles. The van der Waals surface area contributed by atoms with Crippen molar-refractivity contribution in [3.8, 4) is 0 Å². The number of likely N-dealkylation sites (tertiary alicyclic amines) is 1. The molecule has 2 aromatic rings. The summed E-state index contributed by atoms with van der Waals surface area (Å²) in [5.74, 6) is 1.59. The molecule has 1 saturated heterocycles. The zero-order chi connectivity index (χ0) is 23.0. The molecule has 3 rings (SSSR count). The molecule has 1 fully saturated rings. The summed E-state index contributed by atoms with van der Waals surface area (Å²) in [5, 5.41) is 3.37. The van der Waals surface area contributed by atoms with Crippen LogP contribution in [0, 0.1) is 6.92 Å². The maximum Gasteiger partial charge on any atom is 0.163 e. The van der Waals surface area contributed by atoms with Crippen molar-refractivity contribution in [2.45, 2.75) is 46.5 Å². The molecular weight excluding hydrogens is 390 g/mol. The first-order valence-corrected chi connectivity index (χ1v) is 10.5. The van der Waals surface area contributed by atoms with Crippen molar-refractivity contribution >= 4 is 29.1 Å². The number of benzene rings is 1. The van der Waals surface area contributed by atoms with E-state index in [9.17, 15) is 4.79 Å². The third kappa shape index (κ3) is 7.00. The fourth-order valence-corrected chi connectivity index (χ4v) is 3.75. The number of anilines is 2. The van der Waals surface area contributed by atoms with Crippen LogP contribution in [0.5, 0.6) is 0 Å². The van der Waals surface area contributed by atoms with Crippen LogP contribution in [0.15, 0.2) is 36.0 Å². The van der Waals surface area contributed by atoms with Crippen molar-refractivity contribution in [1.29, 1.82) is 0 Å². The van der Waals surface area contributed by atoms with Crippen molar-refractivity contribution < 1.29 is 9.59 Å². The van der Waals surface area contributed by atoms with Gasteiger partial charge in [0.25, 0.3) is 0 Å². The number of aryl methyl sites for hydroxylation is 1. The van der Waals surface area contributed by atoms with Gasteiger partial charge in [-0.25, -0.2) is 9.97 Å². The minimum Gasteiger partial charge on any atom is -0.402 e. The van der Waals surface area contributed by atoms with E-state index in [1.165, 1.54) is 13.8 Å². The maximum absolute atomic E-state index is 12.2. The summed E-state index contributed by atoms with van der Waals surface area (Å²) in [6.07, 6.45) is 2.90. The van der Waals surface area contributed by atoms with Gasteiger partial charge in [0.05, 0.1) is 11.3 Å². The highest BCUT2D eigenvalue weighted by atomic mass is 16.1. The van der Waals surface area contributed by atoms with Crippen LogP contribution in [0.2, 0.25) is 0 Å². The highest BCUT2D eigenvalue weighted by molar-refractivity contribution is 6.19. The van der Waals surface area contributed by atoms with E-state index >= 15 is 0 Å². The summed E-state index contributed by atoms with van der Waals surface area (Å²) in [6, 6.07) is 9.92. The molecule has 1 aliphatic heterocycles. The van der Waals surface area contributed by atoms with E-state index in [2.05, 4.69) is 23.3 Å². The molecule has 7 heteroatoms. The van der Waals surface area contributed by atoms with Crippen LogP contribution in [0.4, 0.5) is 11.5 Å². The van der Waals surface area contributed by atoms with E-state index < -0.39 is 0 Å². The Bertz CT molecular complexity index is 951. The summed E-state index contributed by atoms with van der Waals surface area (Å²) >= 11 is 0. The van der Waals surface area contributed by atoms with E-state index in [0.717, 1.165) is 49.3 Å². The molecule has 1 aromatic heterocycles. The highest BCUT2D eigenvalue weighted by Gasteiger charge is 2.24. The first-order chi connectivity index (χ1) is 14.7. The summed E-state index contributed by atoms with van der Waals surface area (Å²) in [5.41, 5.74) is 9.64. The number of carbonyl (C=O) groups is 2. The minimum atomic E-state index is -0.0908. The number of nitrogens with two attached hydrogens (primary N) is 1. The third-order valence-electron chi connectivity index (χ3n) is 5.03. The lowest BCUT2D eigenvalue weighted by Crippen LogP contribution is -2.32. The van der Waals surface area contributed by atoms with Gasteiger partial charge in [0, 0.05) is 29.9 Å². The molecule has 166 valence electrons. The topological polar surface area (TPSA) is 101 Å². The van der Waals surface area contributed by atoms with Crippen LogP contribution >= 0.6 is 0 Å². The van der Waals surface area contributed by atoms with Gasteiger partial charge in [-0.2, -0.15) is 0 Å². The number of Topliss-reactive ketones (excluding diaryl/α,β-unsaturated/α-hetero) is 1. The molecule has 1 unspecified atom stereocenters. The Balaban J connectivity index is 0.00000107. The number of nitrogens with zero attached hydrogens (tertiary/aromatic N) is 3. The van der Waals surface area contributed by atoms with Crippen molar-refractivity contribution in [3.05, 3.63) is 53.1 Å². The van der Waals surface area contributed by atoms with Crippen molar-refractivity contribution in [2.75, 3.05) is 25.5 Å². The van der Waals surface area contributed by atoms with E-state index in [1.807, 2.05) is 31.2 Å². The van der Waals surface area contributed by atoms with Crippen molar-refractivity contribution in [2.24, 2.45) is 5.73 Å². The zero-order valence-electron chi connectivity index (χ0n) is 19.1. The average molecular weight is 424 g/mol. The molecule has 0 bridgehead atoms. The van der Waals surface area contributed by atoms with Crippen LogP contribution in [0.1, 0.15) is 56.6 Å². The van der Waals surface area contributed by atoms with E-state index in [1.54, 1.807) is 6.92 Å². The minimum absolute atomic E-state index is 0.0908. The molecule has 31 heavy (non-hydrogen) atoms. The number of carbonyl (C=O) groups excluding carboxylic acids is 2. The lowest BCUT2D eigenvalue weighted by atomic mass is 9.97. The normalized spacial score (nSPS) is 17.1. The van der Waals surface area contributed by atoms with Crippen LogP contribution in [-0.4, -0.2) is 47.1 Å². The Morgan fingerprint density at radius 1 is 1.26 bits per heavy atom. The molecule has 7 nitrogen and oxygen atoms in total. The Morgan fingerprint density at radius 2 is 1.97 bits per heavy atom. The quantitative estimate of drug-likeness (QED) is 0.557. The first-order valence-electron chi connectivity index (χ1n) is 10.5. The smallest absolute Gasteiger partial charge is 0.163 e. The SMILES string of the molecule is CC(=O)/C(=C(/C)N)c1cc(Nc2cccc(C)c2)nc(C2CCCN(C)C2)n1.CC=O. The molecule has 0 aliphatic carbocycles. The van der Waals surface area contributed by atoms with Gasteiger partial charge in [-0.05, 0) is 71.8 Å². The first kappa shape index (κ1) is 24.2. The molecule has 3 N–H and O–H groups in total. The molecule has 1 aromatic carbocycles. The van der Waals surface area contributed by atoms with Gasteiger partial charge < -0.3 is 20.7 Å². The molecule has 0 amide bonds. The van der Waals surface area contributed by atoms with Crippen LogP contribution in [-0.2, 0) is 9.59 Å². The van der Waals surface area contributed by atoms with Gasteiger partial charge in [0.15, 0.2) is 5.78 Å². The predicted octanol–water partition coefficient (Wildman–Crippen LogP) is 3.82. The summed E-state index contributed by atoms with van der Waals surface area (Å²) in [6.45, 7) is 8.75. The van der Waals surface area contributed by atoms with Gasteiger partial charge >= 0.3 is 0 Å². The van der Waals surface area contributed by atoms with Crippen LogP contribution in [0.3, 0.4) is 0 Å². The number of hydrogen-bond acceptors (Lipinski definition) is 7. The molecule has 0 spiro atoms. The van der Waals surface area contributed by atoms with Crippen LogP contribution < -0.4 is 11.1 Å². The number of hydrogen-bond donors (Lipinski definition) is 2. The highest BCUT2D eigenvalue weighted by Crippen LogP contribution is 2.28. The summed E-state index contributed by atoms with van der Waals surface area (Å²) in [4.78, 5) is 32.9. The standard InChI is InChI=1S/C22H29N5O.C2H4O/c1-14-7-5-9-18(11-14)24-20-12-19(21(15(2)23)16(3)28)25-22(26-20)17-8-6-10-27(4)13-17;1-2-3/h5,7,9,11-12,17H,6,8,10,13,23H2,1-4H3,(H,24,25,26);2H,1H3/b21-15+;. The Morgan fingerprint density at radius 3 is 2.55 bits per heavy atom. The largest absolute Gasteiger partial charge is 0.402 e. The van der Waals surface area contributed by atoms with Crippen molar-refractivity contribution in [3.63, 3.8) is 0 Å². The monoisotopic (exact) mass is 423 g/mol. The van der Waals surface area contributed by atoms with Crippen molar-refractivity contribution in [1.82, 2.24) is 14.9 Å². The molecule has 0 radical (unpaired) electrons. The predicted molar refractivity (Wildman–Crippen MR) is 125 cm³/mol. The number of rotatable bonds is 5. The van der Waals surface area contributed by atoms with Gasteiger partial charge in [-0.1, -0.05) is 12.1 Å². The third-order valence-corrected chi connectivity index (χ3v) is 5.03. The Kier molecular flexibility index (Phi) is 8.88. The summed E-state index contributed by atoms with van der Waals surface area (Å²) in [7, 11) is 2.12. The van der Waals surface area contributed by atoms with E-state index in [0.29, 0.717) is 22.8 Å². The van der Waals surface area contributed by atoms with Gasteiger partial charge in [0.1, 0.15) is 17.9 Å². The molecule has 2 heterocycles. The number of allylic oxidation sites excluding steroid dienone is 2. The molecular formula is C24H33N5O2. The number of aromatic nitrogens is 2. The number of likely N-dealkylation sites (N-methyl/N-ethyl adjacent to an activating group) is 1. The lowest BCUT2D eigenvalue weighted by molar-refractivity contribution is -0.112. The van der Waals surface area contributed by atoms with Gasteiger partial charge in [0.2, 0.25) is 0 Å². The number of piperidine rings is 1. The van der Waals surface area contributed by atoms with Gasteiger partial charge in [-0.15, -0.1) is 0 Å². The second-order valence-electron chi connectivity index (χ2n) is 7.94. The fraction of sp³-hybridized carbons (Fsp3) is 0.417. The van der Waals surface area contributed by atoms with Crippen LogP contribution in [0.25, 0.3) is 5.57 Å². The number of nitrogens with one attached hydrogen (secondary N) is 1. The van der Waals surface area contributed by atoms with E-state index in [4.69, 9.17) is 20.5 Å².